The lowest BCUT2D eigenvalue weighted by molar-refractivity contribution is 0.543. The van der Waals surface area contributed by atoms with Crippen molar-refractivity contribution in [3.8, 4) is 0 Å². The summed E-state index contributed by atoms with van der Waals surface area (Å²) in [6.07, 6.45) is 2.32. The van der Waals surface area contributed by atoms with E-state index in [-0.39, 0.29) is 5.58 Å². The summed E-state index contributed by atoms with van der Waals surface area (Å²) in [5, 5.41) is 0.391. The predicted octanol–water partition coefficient (Wildman–Crippen LogP) is 2.51. The summed E-state index contributed by atoms with van der Waals surface area (Å²) < 4.78 is 29.8. The van der Waals surface area contributed by atoms with E-state index in [0.29, 0.717) is 5.39 Å². The fraction of sp³-hybridized carbons (Fsp3) is 0. The van der Waals surface area contributed by atoms with Gasteiger partial charge in [-0.25, -0.2) is 8.78 Å². The summed E-state index contributed by atoms with van der Waals surface area (Å²) in [5.41, 5.74) is 0.0476. The van der Waals surface area contributed by atoms with Gasteiger partial charge in [-0.1, -0.05) is 0 Å². The van der Waals surface area contributed by atoms with Gasteiger partial charge in [0.2, 0.25) is 0 Å². The van der Waals surface area contributed by atoms with Crippen molar-refractivity contribution < 1.29 is 13.2 Å². The largest absolute Gasteiger partial charge is 0.450 e. The molecule has 1 radical (unpaired) electrons. The highest BCUT2D eigenvalue weighted by atomic mass is 19.1. The van der Waals surface area contributed by atoms with E-state index in [4.69, 9.17) is 0 Å². The molecule has 0 saturated carbocycles. The Hall–Kier alpha value is -1.38. The highest BCUT2D eigenvalue weighted by Gasteiger charge is 2.05. The van der Waals surface area contributed by atoms with E-state index < -0.39 is 11.6 Å². The maximum absolute atomic E-state index is 12.7. The van der Waals surface area contributed by atoms with E-state index in [9.17, 15) is 8.78 Å². The van der Waals surface area contributed by atoms with E-state index in [0.717, 1.165) is 6.07 Å². The highest BCUT2D eigenvalue weighted by Crippen LogP contribution is 2.19. The van der Waals surface area contributed by atoms with Crippen LogP contribution in [0.5, 0.6) is 0 Å². The smallest absolute Gasteiger partial charge is 0.170 e. The third-order valence-electron chi connectivity index (χ3n) is 1.41. The summed E-state index contributed by atoms with van der Waals surface area (Å²) in [4.78, 5) is 0. The van der Waals surface area contributed by atoms with Crippen molar-refractivity contribution in [2.75, 3.05) is 0 Å². The minimum atomic E-state index is -0.693. The van der Waals surface area contributed by atoms with Crippen LogP contribution in [0.3, 0.4) is 0 Å². The van der Waals surface area contributed by atoms with Crippen molar-refractivity contribution in [2.45, 2.75) is 0 Å². The second-order valence-electron chi connectivity index (χ2n) is 2.17. The molecule has 0 aliphatic rings. The third-order valence-corrected chi connectivity index (χ3v) is 1.41. The first kappa shape index (κ1) is 6.34. The van der Waals surface area contributed by atoms with Crippen LogP contribution in [0.25, 0.3) is 11.0 Å². The Kier molecular flexibility index (Phi) is 1.18. The van der Waals surface area contributed by atoms with Crippen molar-refractivity contribution in [3.63, 3.8) is 0 Å². The molecule has 0 bridgehead atoms. The zero-order chi connectivity index (χ0) is 7.84. The zero-order valence-corrected chi connectivity index (χ0v) is 5.40. The lowest BCUT2D eigenvalue weighted by atomic mass is 10.2. The average Bonchev–Trinajstić information content (AvgIpc) is 2.34. The lowest BCUT2D eigenvalue weighted by Crippen LogP contribution is -1.78. The first-order chi connectivity index (χ1) is 5.27. The van der Waals surface area contributed by atoms with Crippen molar-refractivity contribution in [3.05, 3.63) is 36.1 Å². The van der Waals surface area contributed by atoms with Crippen LogP contribution in [-0.2, 0) is 0 Å². The second-order valence-corrected chi connectivity index (χ2v) is 2.17. The van der Waals surface area contributed by atoms with Gasteiger partial charge in [0, 0.05) is 11.5 Å². The fourth-order valence-electron chi connectivity index (χ4n) is 0.947. The molecule has 0 unspecified atom stereocenters. The molecule has 0 atom stereocenters. The van der Waals surface area contributed by atoms with Crippen molar-refractivity contribution >= 4 is 11.0 Å². The number of benzene rings is 1. The quantitative estimate of drug-likeness (QED) is 0.566. The first-order valence-corrected chi connectivity index (χ1v) is 3.02. The molecule has 55 valence electrons. The summed E-state index contributed by atoms with van der Waals surface area (Å²) in [5.74, 6) is -1.30. The third kappa shape index (κ3) is 0.888. The molecule has 0 amide bonds. The standard InChI is InChI=1S/C8H3F2O/c9-6-3-5-1-2-11-8(5)7(10)4-6/h1,3-4H. The van der Waals surface area contributed by atoms with E-state index in [2.05, 4.69) is 10.7 Å². The van der Waals surface area contributed by atoms with Crippen LogP contribution in [0.15, 0.2) is 22.6 Å². The molecule has 0 spiro atoms. The van der Waals surface area contributed by atoms with Crippen LogP contribution in [0, 0.1) is 17.9 Å². The normalized spacial score (nSPS) is 10.7. The number of halogens is 2. The Balaban J connectivity index is 2.91. The van der Waals surface area contributed by atoms with E-state index in [1.165, 1.54) is 12.1 Å². The zero-order valence-electron chi connectivity index (χ0n) is 5.40. The Morgan fingerprint density at radius 2 is 2.09 bits per heavy atom. The number of hydrogen-bond donors (Lipinski definition) is 0. The molecule has 0 saturated heterocycles. The minimum Gasteiger partial charge on any atom is -0.450 e. The monoisotopic (exact) mass is 153 g/mol. The van der Waals surface area contributed by atoms with Gasteiger partial charge in [-0.15, -0.1) is 0 Å². The van der Waals surface area contributed by atoms with Crippen LogP contribution in [0.4, 0.5) is 8.78 Å². The van der Waals surface area contributed by atoms with Gasteiger partial charge in [0.25, 0.3) is 0 Å². The number of hydrogen-bond acceptors (Lipinski definition) is 1. The average molecular weight is 153 g/mol. The molecule has 0 N–H and O–H groups in total. The Bertz CT molecular complexity index is 392. The van der Waals surface area contributed by atoms with Crippen LogP contribution in [0.1, 0.15) is 0 Å². The number of furan rings is 1. The first-order valence-electron chi connectivity index (χ1n) is 3.02. The van der Waals surface area contributed by atoms with E-state index in [1.54, 1.807) is 0 Å². The van der Waals surface area contributed by atoms with Gasteiger partial charge in [-0.2, -0.15) is 0 Å². The van der Waals surface area contributed by atoms with Crippen LogP contribution >= 0.6 is 0 Å². The molecule has 2 rings (SSSR count). The van der Waals surface area contributed by atoms with Gasteiger partial charge in [0.1, 0.15) is 5.82 Å². The van der Waals surface area contributed by atoms with Gasteiger partial charge in [0.05, 0.1) is 0 Å². The summed E-state index contributed by atoms with van der Waals surface area (Å²) in [6, 6.07) is 3.36. The molecule has 1 nitrogen and oxygen atoms in total. The van der Waals surface area contributed by atoms with Gasteiger partial charge in [-0.3, -0.25) is 0 Å². The predicted molar refractivity (Wildman–Crippen MR) is 35.0 cm³/mol. The minimum absolute atomic E-state index is 0.0476. The Morgan fingerprint density at radius 1 is 1.27 bits per heavy atom. The van der Waals surface area contributed by atoms with Crippen molar-refractivity contribution in [1.29, 1.82) is 0 Å². The van der Waals surface area contributed by atoms with Crippen LogP contribution in [-0.4, -0.2) is 0 Å². The summed E-state index contributed by atoms with van der Waals surface area (Å²) in [7, 11) is 0. The molecule has 3 heteroatoms. The molecular weight excluding hydrogens is 150 g/mol. The number of fused-ring (bicyclic) bond motifs is 1. The van der Waals surface area contributed by atoms with E-state index in [1.807, 2.05) is 0 Å². The summed E-state index contributed by atoms with van der Waals surface area (Å²) in [6.45, 7) is 0. The molecule has 1 heterocycles. The topological polar surface area (TPSA) is 13.1 Å². The molecule has 11 heavy (non-hydrogen) atoms. The van der Waals surface area contributed by atoms with Crippen molar-refractivity contribution in [2.24, 2.45) is 0 Å². The van der Waals surface area contributed by atoms with Crippen molar-refractivity contribution in [1.82, 2.24) is 0 Å². The maximum Gasteiger partial charge on any atom is 0.170 e. The molecule has 2 aromatic rings. The fourth-order valence-corrected chi connectivity index (χ4v) is 0.947. The summed E-state index contributed by atoms with van der Waals surface area (Å²) >= 11 is 0. The molecule has 0 fully saturated rings. The maximum atomic E-state index is 12.7. The second kappa shape index (κ2) is 2.05. The Morgan fingerprint density at radius 3 is 2.91 bits per heavy atom. The molecular formula is C8H3F2O. The highest BCUT2D eigenvalue weighted by molar-refractivity contribution is 5.77. The molecule has 1 aromatic carbocycles. The SMILES string of the molecule is Fc1cc(F)c2o[c]cc2c1. The Labute approximate surface area is 61.2 Å². The van der Waals surface area contributed by atoms with E-state index >= 15 is 0 Å². The van der Waals surface area contributed by atoms with Gasteiger partial charge < -0.3 is 4.42 Å². The number of rotatable bonds is 0. The van der Waals surface area contributed by atoms with Gasteiger partial charge in [0.15, 0.2) is 17.7 Å². The molecule has 1 aromatic heterocycles. The van der Waals surface area contributed by atoms with Gasteiger partial charge >= 0.3 is 0 Å². The lowest BCUT2D eigenvalue weighted by Gasteiger charge is -1.90. The van der Waals surface area contributed by atoms with Gasteiger partial charge in [-0.05, 0) is 12.1 Å². The van der Waals surface area contributed by atoms with Crippen LogP contribution in [0.2, 0.25) is 0 Å². The molecule has 0 aliphatic heterocycles. The van der Waals surface area contributed by atoms with Crippen LogP contribution < -0.4 is 0 Å². The molecule has 0 aliphatic carbocycles.